The summed E-state index contributed by atoms with van der Waals surface area (Å²) >= 11 is 1.89. The number of thioether (sulfide) groups is 1. The summed E-state index contributed by atoms with van der Waals surface area (Å²) in [6.45, 7) is 3.52. The van der Waals surface area contributed by atoms with Crippen molar-refractivity contribution in [1.82, 2.24) is 9.88 Å². The zero-order chi connectivity index (χ0) is 13.9. The average molecular weight is 281 g/mol. The third kappa shape index (κ3) is 3.08. The molecule has 0 saturated heterocycles. The SMILES string of the molecule is CCn1cc(N)cc1C(=O)NCC1(SC)CCCC1. The van der Waals surface area contributed by atoms with Gasteiger partial charge in [-0.1, -0.05) is 12.8 Å². The van der Waals surface area contributed by atoms with E-state index in [1.54, 1.807) is 6.07 Å². The van der Waals surface area contributed by atoms with Gasteiger partial charge in [0.2, 0.25) is 0 Å². The van der Waals surface area contributed by atoms with Gasteiger partial charge in [0.05, 0.1) is 5.69 Å². The first-order valence-electron chi connectivity index (χ1n) is 6.89. The lowest BCUT2D eigenvalue weighted by Crippen LogP contribution is -2.39. The molecule has 3 N–H and O–H groups in total. The summed E-state index contributed by atoms with van der Waals surface area (Å²) in [7, 11) is 0. The zero-order valence-electron chi connectivity index (χ0n) is 11.7. The highest BCUT2D eigenvalue weighted by molar-refractivity contribution is 8.00. The van der Waals surface area contributed by atoms with Crippen LogP contribution in [-0.2, 0) is 6.54 Å². The van der Waals surface area contributed by atoms with Crippen molar-refractivity contribution < 1.29 is 4.79 Å². The summed E-state index contributed by atoms with van der Waals surface area (Å²) < 4.78 is 2.13. The summed E-state index contributed by atoms with van der Waals surface area (Å²) in [5, 5.41) is 3.08. The van der Waals surface area contributed by atoms with E-state index in [2.05, 4.69) is 11.6 Å². The number of anilines is 1. The van der Waals surface area contributed by atoms with E-state index in [1.165, 1.54) is 25.7 Å². The highest BCUT2D eigenvalue weighted by Gasteiger charge is 2.33. The molecule has 0 unspecified atom stereocenters. The topological polar surface area (TPSA) is 60.0 Å². The maximum atomic E-state index is 12.3. The van der Waals surface area contributed by atoms with Crippen LogP contribution in [0, 0.1) is 0 Å². The highest BCUT2D eigenvalue weighted by atomic mass is 32.2. The molecule has 106 valence electrons. The minimum atomic E-state index is -0.0149. The van der Waals surface area contributed by atoms with Crippen molar-refractivity contribution in [2.24, 2.45) is 0 Å². The Morgan fingerprint density at radius 2 is 2.21 bits per heavy atom. The Bertz CT molecular complexity index is 450. The normalized spacial score (nSPS) is 17.6. The number of carbonyl (C=O) groups is 1. The van der Waals surface area contributed by atoms with Gasteiger partial charge in [0, 0.05) is 24.0 Å². The van der Waals surface area contributed by atoms with Gasteiger partial charge in [-0.05, 0) is 32.1 Å². The van der Waals surface area contributed by atoms with E-state index in [0.29, 0.717) is 11.4 Å². The van der Waals surface area contributed by atoms with Gasteiger partial charge in [0.15, 0.2) is 0 Å². The standard InChI is InChI=1S/C14H23N3OS/c1-3-17-9-11(15)8-12(17)13(18)16-10-14(19-2)6-4-5-7-14/h8-9H,3-7,10,15H2,1-2H3,(H,16,18). The summed E-state index contributed by atoms with van der Waals surface area (Å²) in [4.78, 5) is 12.3. The molecule has 1 aliphatic carbocycles. The number of nitrogens with two attached hydrogens (primary N) is 1. The first-order chi connectivity index (χ1) is 9.10. The Balaban J connectivity index is 2.01. The fraction of sp³-hybridized carbons (Fsp3) is 0.643. The average Bonchev–Trinajstić information content (AvgIpc) is 3.03. The fourth-order valence-electron chi connectivity index (χ4n) is 2.79. The predicted molar refractivity (Wildman–Crippen MR) is 81.6 cm³/mol. The highest BCUT2D eigenvalue weighted by Crippen LogP contribution is 2.39. The van der Waals surface area contributed by atoms with E-state index in [-0.39, 0.29) is 10.7 Å². The molecule has 0 radical (unpaired) electrons. The summed E-state index contributed by atoms with van der Waals surface area (Å²) in [6.07, 6.45) is 8.90. The van der Waals surface area contributed by atoms with Crippen molar-refractivity contribution in [3.05, 3.63) is 18.0 Å². The van der Waals surface area contributed by atoms with E-state index in [0.717, 1.165) is 13.1 Å². The fourth-order valence-corrected chi connectivity index (χ4v) is 3.70. The minimum Gasteiger partial charge on any atom is -0.397 e. The van der Waals surface area contributed by atoms with Gasteiger partial charge in [-0.25, -0.2) is 0 Å². The molecule has 1 aliphatic rings. The Morgan fingerprint density at radius 3 is 2.79 bits per heavy atom. The molecule has 0 bridgehead atoms. The van der Waals surface area contributed by atoms with E-state index >= 15 is 0 Å². The van der Waals surface area contributed by atoms with Crippen LogP contribution in [0.25, 0.3) is 0 Å². The van der Waals surface area contributed by atoms with Crippen molar-refractivity contribution in [3.8, 4) is 0 Å². The number of nitrogens with one attached hydrogen (secondary N) is 1. The lowest BCUT2D eigenvalue weighted by molar-refractivity contribution is 0.0940. The van der Waals surface area contributed by atoms with Crippen molar-refractivity contribution in [2.75, 3.05) is 18.5 Å². The quantitative estimate of drug-likeness (QED) is 0.871. The maximum Gasteiger partial charge on any atom is 0.268 e. The molecule has 0 spiro atoms. The second-order valence-corrected chi connectivity index (χ2v) is 6.50. The molecule has 1 aromatic rings. The zero-order valence-corrected chi connectivity index (χ0v) is 12.6. The van der Waals surface area contributed by atoms with Crippen LogP contribution in [0.2, 0.25) is 0 Å². The molecular formula is C14H23N3OS. The molecule has 1 heterocycles. The number of carbonyl (C=O) groups excluding carboxylic acids is 1. The molecule has 0 aromatic carbocycles. The van der Waals surface area contributed by atoms with Gasteiger partial charge in [-0.15, -0.1) is 0 Å². The molecule has 19 heavy (non-hydrogen) atoms. The van der Waals surface area contributed by atoms with Crippen LogP contribution < -0.4 is 11.1 Å². The number of amides is 1. The van der Waals surface area contributed by atoms with E-state index in [4.69, 9.17) is 5.73 Å². The smallest absolute Gasteiger partial charge is 0.268 e. The Labute approximate surface area is 119 Å². The number of hydrogen-bond donors (Lipinski definition) is 2. The van der Waals surface area contributed by atoms with Crippen LogP contribution in [0.15, 0.2) is 12.3 Å². The van der Waals surface area contributed by atoms with E-state index in [1.807, 2.05) is 29.4 Å². The van der Waals surface area contributed by atoms with Gasteiger partial charge in [0.25, 0.3) is 5.91 Å². The van der Waals surface area contributed by atoms with Gasteiger partial charge in [-0.2, -0.15) is 11.8 Å². The predicted octanol–water partition coefficient (Wildman–Crippen LogP) is 2.50. The van der Waals surface area contributed by atoms with Gasteiger partial charge < -0.3 is 15.6 Å². The second-order valence-electron chi connectivity index (χ2n) is 5.22. The second kappa shape index (κ2) is 5.90. The first-order valence-corrected chi connectivity index (χ1v) is 8.12. The van der Waals surface area contributed by atoms with Crippen LogP contribution in [0.3, 0.4) is 0 Å². The van der Waals surface area contributed by atoms with Crippen LogP contribution >= 0.6 is 11.8 Å². The molecular weight excluding hydrogens is 258 g/mol. The molecule has 1 fully saturated rings. The van der Waals surface area contributed by atoms with E-state index in [9.17, 15) is 4.79 Å². The maximum absolute atomic E-state index is 12.3. The number of nitrogens with zero attached hydrogens (tertiary/aromatic N) is 1. The summed E-state index contributed by atoms with van der Waals surface area (Å²) in [5.41, 5.74) is 7.07. The molecule has 0 aliphatic heterocycles. The monoisotopic (exact) mass is 281 g/mol. The third-order valence-electron chi connectivity index (χ3n) is 4.01. The molecule has 0 atom stereocenters. The van der Waals surface area contributed by atoms with Crippen molar-refractivity contribution in [3.63, 3.8) is 0 Å². The van der Waals surface area contributed by atoms with Crippen LogP contribution in [0.5, 0.6) is 0 Å². The Hall–Kier alpha value is -1.10. The summed E-state index contributed by atoms with van der Waals surface area (Å²) in [5.74, 6) is -0.0149. The van der Waals surface area contributed by atoms with Crippen LogP contribution in [0.4, 0.5) is 5.69 Å². The number of nitrogen functional groups attached to an aromatic ring is 1. The van der Waals surface area contributed by atoms with Crippen molar-refractivity contribution in [2.45, 2.75) is 43.9 Å². The largest absolute Gasteiger partial charge is 0.397 e. The molecule has 5 heteroatoms. The molecule has 1 saturated carbocycles. The summed E-state index contributed by atoms with van der Waals surface area (Å²) in [6, 6.07) is 1.75. The number of aromatic nitrogens is 1. The first kappa shape index (κ1) is 14.3. The van der Waals surface area contributed by atoms with Gasteiger partial charge >= 0.3 is 0 Å². The lowest BCUT2D eigenvalue weighted by Gasteiger charge is -2.26. The van der Waals surface area contributed by atoms with Crippen LogP contribution in [0.1, 0.15) is 43.1 Å². The van der Waals surface area contributed by atoms with E-state index < -0.39 is 0 Å². The van der Waals surface area contributed by atoms with Crippen LogP contribution in [-0.4, -0.2) is 28.0 Å². The molecule has 1 aromatic heterocycles. The number of aryl methyl sites for hydroxylation is 1. The van der Waals surface area contributed by atoms with Gasteiger partial charge in [0.1, 0.15) is 5.69 Å². The van der Waals surface area contributed by atoms with Gasteiger partial charge in [-0.3, -0.25) is 4.79 Å². The van der Waals surface area contributed by atoms with Crippen molar-refractivity contribution in [1.29, 1.82) is 0 Å². The Morgan fingerprint density at radius 1 is 1.53 bits per heavy atom. The molecule has 2 rings (SSSR count). The van der Waals surface area contributed by atoms with Crippen molar-refractivity contribution >= 4 is 23.4 Å². The lowest BCUT2D eigenvalue weighted by atomic mass is 10.1. The number of hydrogen-bond acceptors (Lipinski definition) is 3. The third-order valence-corrected chi connectivity index (χ3v) is 5.43. The molecule has 4 nitrogen and oxygen atoms in total. The number of rotatable bonds is 5. The Kier molecular flexibility index (Phi) is 4.45. The minimum absolute atomic E-state index is 0.0149. The molecule has 1 amide bonds.